The molecule has 5 rings (SSSR count). The van der Waals surface area contributed by atoms with Crippen LogP contribution in [-0.2, 0) is 4.74 Å². The van der Waals surface area contributed by atoms with Crippen LogP contribution >= 0.6 is 0 Å². The third-order valence-corrected chi connectivity index (χ3v) is 6.89. The summed E-state index contributed by atoms with van der Waals surface area (Å²) in [4.78, 5) is 21.0. The molecule has 2 N–H and O–H groups in total. The first-order valence-electron chi connectivity index (χ1n) is 11.7. The second kappa shape index (κ2) is 9.76. The summed E-state index contributed by atoms with van der Waals surface area (Å²) in [7, 11) is 0. The largest absolute Gasteiger partial charge is 0.379 e. The highest BCUT2D eigenvalue weighted by Crippen LogP contribution is 2.33. The number of carbonyl (C=O) groups excluding carboxylic acids is 1. The van der Waals surface area contributed by atoms with Crippen LogP contribution in [0.1, 0.15) is 35.9 Å². The van der Waals surface area contributed by atoms with E-state index in [0.29, 0.717) is 5.92 Å². The number of hydrogen-bond donors (Lipinski definition) is 2. The number of H-pyrrole nitrogens is 1. The zero-order valence-corrected chi connectivity index (χ0v) is 18.5. The number of aromatic nitrogens is 1. The van der Waals surface area contributed by atoms with Crippen LogP contribution in [0.4, 0.5) is 4.79 Å². The van der Waals surface area contributed by atoms with Gasteiger partial charge in [-0.1, -0.05) is 48.5 Å². The first-order chi connectivity index (χ1) is 15.8. The number of benzene rings is 2. The van der Waals surface area contributed by atoms with E-state index in [-0.39, 0.29) is 12.1 Å². The molecule has 2 amide bonds. The first-order valence-corrected chi connectivity index (χ1v) is 11.7. The van der Waals surface area contributed by atoms with Gasteiger partial charge in [0, 0.05) is 49.8 Å². The summed E-state index contributed by atoms with van der Waals surface area (Å²) < 4.78 is 5.49. The number of para-hydroxylation sites is 1. The summed E-state index contributed by atoms with van der Waals surface area (Å²) in [6, 6.07) is 18.8. The lowest BCUT2D eigenvalue weighted by Crippen LogP contribution is -2.48. The third-order valence-electron chi connectivity index (χ3n) is 6.89. The molecule has 168 valence electrons. The van der Waals surface area contributed by atoms with E-state index >= 15 is 0 Å². The Morgan fingerprint density at radius 3 is 2.50 bits per heavy atom. The lowest BCUT2D eigenvalue weighted by atomic mass is 9.89. The van der Waals surface area contributed by atoms with Crippen molar-refractivity contribution in [3.05, 3.63) is 71.9 Å². The van der Waals surface area contributed by atoms with Gasteiger partial charge >= 0.3 is 6.03 Å². The summed E-state index contributed by atoms with van der Waals surface area (Å²) in [5.74, 6) is 0.494. The molecular formula is C26H32N4O2. The SMILES string of the molecule is O=C(NC(CN1CCOCC1)c1ccccc1)N1CCC(c2c[nH]c3ccccc23)CC1. The number of ether oxygens (including phenoxy) is 1. The van der Waals surface area contributed by atoms with Crippen LogP contribution in [0.5, 0.6) is 0 Å². The molecule has 1 aromatic heterocycles. The fourth-order valence-corrected chi connectivity index (χ4v) is 5.03. The molecule has 32 heavy (non-hydrogen) atoms. The molecular weight excluding hydrogens is 400 g/mol. The maximum absolute atomic E-state index is 13.2. The van der Waals surface area contributed by atoms with Crippen LogP contribution in [0.3, 0.4) is 0 Å². The number of carbonyl (C=O) groups is 1. The van der Waals surface area contributed by atoms with Crippen LogP contribution in [0, 0.1) is 0 Å². The van der Waals surface area contributed by atoms with E-state index in [0.717, 1.165) is 64.3 Å². The van der Waals surface area contributed by atoms with Gasteiger partial charge < -0.3 is 19.9 Å². The molecule has 6 heteroatoms. The predicted octanol–water partition coefficient (Wildman–Crippen LogP) is 4.13. The van der Waals surface area contributed by atoms with Gasteiger partial charge in [-0.05, 0) is 36.0 Å². The van der Waals surface area contributed by atoms with E-state index in [4.69, 9.17) is 4.74 Å². The Kier molecular flexibility index (Phi) is 6.41. The maximum Gasteiger partial charge on any atom is 0.317 e. The quantitative estimate of drug-likeness (QED) is 0.637. The molecule has 1 atom stereocenters. The fourth-order valence-electron chi connectivity index (χ4n) is 5.03. The minimum atomic E-state index is -0.0202. The highest BCUT2D eigenvalue weighted by Gasteiger charge is 2.27. The van der Waals surface area contributed by atoms with Crippen molar-refractivity contribution in [2.24, 2.45) is 0 Å². The number of nitrogens with one attached hydrogen (secondary N) is 2. The first kappa shape index (κ1) is 21.0. The van der Waals surface area contributed by atoms with Crippen molar-refractivity contribution in [1.82, 2.24) is 20.1 Å². The minimum Gasteiger partial charge on any atom is -0.379 e. The lowest BCUT2D eigenvalue weighted by Gasteiger charge is -2.35. The summed E-state index contributed by atoms with van der Waals surface area (Å²) in [5, 5.41) is 4.64. The predicted molar refractivity (Wildman–Crippen MR) is 127 cm³/mol. The second-order valence-electron chi connectivity index (χ2n) is 8.88. The molecule has 0 spiro atoms. The Bertz CT molecular complexity index is 1020. The molecule has 3 heterocycles. The molecule has 2 aromatic carbocycles. The Morgan fingerprint density at radius 2 is 1.72 bits per heavy atom. The number of rotatable bonds is 5. The zero-order chi connectivity index (χ0) is 21.8. The number of nitrogens with zero attached hydrogens (tertiary/aromatic N) is 2. The smallest absolute Gasteiger partial charge is 0.317 e. The highest BCUT2D eigenvalue weighted by atomic mass is 16.5. The highest BCUT2D eigenvalue weighted by molar-refractivity contribution is 5.83. The van der Waals surface area contributed by atoms with Gasteiger partial charge in [-0.15, -0.1) is 0 Å². The minimum absolute atomic E-state index is 0.0202. The van der Waals surface area contributed by atoms with Gasteiger partial charge in [0.1, 0.15) is 0 Å². The van der Waals surface area contributed by atoms with Crippen molar-refractivity contribution in [2.45, 2.75) is 24.8 Å². The third kappa shape index (κ3) is 4.66. The van der Waals surface area contributed by atoms with Crippen LogP contribution < -0.4 is 5.32 Å². The number of likely N-dealkylation sites (tertiary alicyclic amines) is 1. The molecule has 1 unspecified atom stereocenters. The summed E-state index contributed by atoms with van der Waals surface area (Å²) in [5.41, 5.74) is 3.73. The summed E-state index contributed by atoms with van der Waals surface area (Å²) in [6.07, 6.45) is 4.14. The Morgan fingerprint density at radius 1 is 1.00 bits per heavy atom. The number of piperidine rings is 1. The van der Waals surface area contributed by atoms with Crippen molar-refractivity contribution in [3.63, 3.8) is 0 Å². The van der Waals surface area contributed by atoms with Crippen LogP contribution in [0.25, 0.3) is 10.9 Å². The topological polar surface area (TPSA) is 60.6 Å². The van der Waals surface area contributed by atoms with E-state index < -0.39 is 0 Å². The van der Waals surface area contributed by atoms with Crippen molar-refractivity contribution in [3.8, 4) is 0 Å². The number of urea groups is 1. The van der Waals surface area contributed by atoms with Gasteiger partial charge in [-0.2, -0.15) is 0 Å². The van der Waals surface area contributed by atoms with Crippen molar-refractivity contribution in [1.29, 1.82) is 0 Å². The molecule has 2 fully saturated rings. The number of morpholine rings is 1. The van der Waals surface area contributed by atoms with E-state index in [2.05, 4.69) is 57.8 Å². The van der Waals surface area contributed by atoms with Gasteiger partial charge in [-0.3, -0.25) is 4.90 Å². The molecule has 0 bridgehead atoms. The van der Waals surface area contributed by atoms with E-state index in [1.165, 1.54) is 16.5 Å². The van der Waals surface area contributed by atoms with E-state index in [9.17, 15) is 4.79 Å². The van der Waals surface area contributed by atoms with E-state index in [1.807, 2.05) is 23.1 Å². The van der Waals surface area contributed by atoms with Crippen LogP contribution in [0.2, 0.25) is 0 Å². The van der Waals surface area contributed by atoms with Gasteiger partial charge in [0.2, 0.25) is 0 Å². The normalized spacial score (nSPS) is 19.2. The molecule has 2 aliphatic heterocycles. The molecule has 0 radical (unpaired) electrons. The summed E-state index contributed by atoms with van der Waals surface area (Å²) >= 11 is 0. The molecule has 2 saturated heterocycles. The second-order valence-corrected chi connectivity index (χ2v) is 8.88. The van der Waals surface area contributed by atoms with Crippen molar-refractivity contribution < 1.29 is 9.53 Å². The molecule has 6 nitrogen and oxygen atoms in total. The fraction of sp³-hybridized carbons (Fsp3) is 0.423. The number of aromatic amines is 1. The molecule has 0 saturated carbocycles. The molecule has 2 aliphatic rings. The average Bonchev–Trinajstić information content (AvgIpc) is 3.29. The van der Waals surface area contributed by atoms with Crippen LogP contribution in [0.15, 0.2) is 60.8 Å². The summed E-state index contributed by atoms with van der Waals surface area (Å²) in [6.45, 7) is 5.73. The number of amides is 2. The van der Waals surface area contributed by atoms with Crippen molar-refractivity contribution in [2.75, 3.05) is 45.9 Å². The average molecular weight is 433 g/mol. The Balaban J connectivity index is 1.22. The van der Waals surface area contributed by atoms with Crippen molar-refractivity contribution >= 4 is 16.9 Å². The number of hydrogen-bond acceptors (Lipinski definition) is 3. The maximum atomic E-state index is 13.2. The molecule has 3 aromatic rings. The Hall–Kier alpha value is -2.83. The lowest BCUT2D eigenvalue weighted by molar-refractivity contribution is 0.0336. The number of fused-ring (bicyclic) bond motifs is 1. The van der Waals surface area contributed by atoms with Gasteiger partial charge in [0.15, 0.2) is 0 Å². The molecule has 0 aliphatic carbocycles. The van der Waals surface area contributed by atoms with E-state index in [1.54, 1.807) is 0 Å². The monoisotopic (exact) mass is 432 g/mol. The van der Waals surface area contributed by atoms with Gasteiger partial charge in [0.05, 0.1) is 19.3 Å². The van der Waals surface area contributed by atoms with Gasteiger partial charge in [0.25, 0.3) is 0 Å². The Labute approximate surface area is 189 Å². The zero-order valence-electron chi connectivity index (χ0n) is 18.5. The van der Waals surface area contributed by atoms with Crippen LogP contribution in [-0.4, -0.2) is 66.8 Å². The standard InChI is InChI=1S/C26H32N4O2/c31-26(28-25(21-6-2-1-3-7-21)19-29-14-16-32-17-15-29)30-12-10-20(11-13-30)23-18-27-24-9-5-4-8-22(23)24/h1-9,18,20,25,27H,10-17,19H2,(H,28,31). The van der Waals surface area contributed by atoms with Gasteiger partial charge in [-0.25, -0.2) is 4.79 Å².